The van der Waals surface area contributed by atoms with E-state index in [1.165, 1.54) is 12.1 Å². The van der Waals surface area contributed by atoms with Crippen molar-refractivity contribution < 1.29 is 18.3 Å². The third-order valence-corrected chi connectivity index (χ3v) is 6.38. The Bertz CT molecular complexity index is 1260. The van der Waals surface area contributed by atoms with Crippen molar-refractivity contribution in [2.24, 2.45) is 4.99 Å². The van der Waals surface area contributed by atoms with Crippen LogP contribution in [0.5, 0.6) is 0 Å². The normalized spacial score (nSPS) is 18.7. The lowest BCUT2D eigenvalue weighted by atomic mass is 10.0. The number of rotatable bonds is 5. The lowest BCUT2D eigenvalue weighted by molar-refractivity contribution is 0.0438. The number of ketones is 1. The number of hydrogen-bond donors (Lipinski definition) is 1. The molecule has 0 aromatic heterocycles. The van der Waals surface area contributed by atoms with Gasteiger partial charge in [-0.1, -0.05) is 41.9 Å². The first kappa shape index (κ1) is 21.2. The number of hydrogen-bond acceptors (Lipinski definition) is 6. The highest BCUT2D eigenvalue weighted by Gasteiger charge is 2.45. The Morgan fingerprint density at radius 3 is 2.19 bits per heavy atom. The summed E-state index contributed by atoms with van der Waals surface area (Å²) in [4.78, 5) is 19.4. The molecule has 6 nitrogen and oxygen atoms in total. The van der Waals surface area contributed by atoms with E-state index in [4.69, 9.17) is 11.6 Å². The Kier molecular flexibility index (Phi) is 5.43. The smallest absolute Gasteiger partial charge is 0.240 e. The van der Waals surface area contributed by atoms with Gasteiger partial charge in [0, 0.05) is 28.1 Å². The van der Waals surface area contributed by atoms with Gasteiger partial charge in [0.2, 0.25) is 11.5 Å². The average molecular weight is 455 g/mol. The molecule has 1 aliphatic rings. The number of anilines is 1. The highest BCUT2D eigenvalue weighted by Crippen LogP contribution is 2.31. The fraction of sp³-hybridized carbons (Fsp3) is 0.130. The van der Waals surface area contributed by atoms with Crippen LogP contribution in [0.25, 0.3) is 0 Å². The van der Waals surface area contributed by atoms with Crippen molar-refractivity contribution in [1.82, 2.24) is 0 Å². The summed E-state index contributed by atoms with van der Waals surface area (Å²) in [5.74, 6) is -0.134. The number of carbonyl (C=O) groups excluding carboxylic acids is 1. The molecule has 3 aromatic carbocycles. The number of amidine groups is 1. The Morgan fingerprint density at radius 1 is 1.00 bits per heavy atom. The van der Waals surface area contributed by atoms with E-state index in [1.807, 2.05) is 0 Å². The van der Waals surface area contributed by atoms with E-state index >= 15 is 0 Å². The first-order chi connectivity index (χ1) is 14.7. The molecule has 0 aliphatic carbocycles. The first-order valence-corrected chi connectivity index (χ1v) is 11.7. The molecule has 31 heavy (non-hydrogen) atoms. The molecule has 1 heterocycles. The summed E-state index contributed by atoms with van der Waals surface area (Å²) in [5.41, 5.74) is -0.393. The molecule has 1 aliphatic heterocycles. The number of Topliss-reactive ketones (excluding diaryl/α,β-unsaturated/α-hetero) is 1. The zero-order valence-corrected chi connectivity index (χ0v) is 18.1. The third-order valence-electron chi connectivity index (χ3n) is 5.00. The highest BCUT2D eigenvalue weighted by molar-refractivity contribution is 7.90. The third kappa shape index (κ3) is 4.25. The molecular weight excluding hydrogens is 436 g/mol. The van der Waals surface area contributed by atoms with Gasteiger partial charge in [0.05, 0.1) is 11.4 Å². The molecule has 0 spiro atoms. The van der Waals surface area contributed by atoms with E-state index in [9.17, 15) is 18.3 Å². The molecule has 4 rings (SSSR count). The Morgan fingerprint density at radius 2 is 1.61 bits per heavy atom. The van der Waals surface area contributed by atoms with Crippen molar-refractivity contribution in [2.75, 3.05) is 17.7 Å². The lowest BCUT2D eigenvalue weighted by Crippen LogP contribution is -2.42. The zero-order valence-electron chi connectivity index (χ0n) is 16.6. The first-order valence-electron chi connectivity index (χ1n) is 9.43. The largest absolute Gasteiger partial charge is 0.362 e. The van der Waals surface area contributed by atoms with Gasteiger partial charge < -0.3 is 10.0 Å². The minimum absolute atomic E-state index is 0.114. The fourth-order valence-corrected chi connectivity index (χ4v) is 4.17. The van der Waals surface area contributed by atoms with Crippen LogP contribution in [0, 0.1) is 0 Å². The molecule has 0 saturated carbocycles. The monoisotopic (exact) mass is 454 g/mol. The Balaban J connectivity index is 1.78. The van der Waals surface area contributed by atoms with Crippen LogP contribution in [0.1, 0.15) is 15.9 Å². The van der Waals surface area contributed by atoms with Crippen molar-refractivity contribution in [2.45, 2.75) is 10.6 Å². The van der Waals surface area contributed by atoms with Gasteiger partial charge in [-0.05, 0) is 48.5 Å². The standard InChI is InChI=1S/C23H19ClN2O4S/c1-31(29,30)20-13-11-19(12-14-20)26-15-23(28,21(27)16-5-3-2-4-6-16)25-22(26)17-7-9-18(24)10-8-17/h2-14,28H,15H2,1H3. The molecule has 0 fully saturated rings. The molecular formula is C23H19ClN2O4S. The van der Waals surface area contributed by atoms with Gasteiger partial charge in [0.15, 0.2) is 9.84 Å². The second kappa shape index (κ2) is 7.92. The summed E-state index contributed by atoms with van der Waals surface area (Å²) >= 11 is 6.00. The van der Waals surface area contributed by atoms with E-state index in [2.05, 4.69) is 4.99 Å². The number of benzene rings is 3. The van der Waals surface area contributed by atoms with Crippen LogP contribution in [0.15, 0.2) is 88.8 Å². The summed E-state index contributed by atoms with van der Waals surface area (Å²) < 4.78 is 23.6. The Hall–Kier alpha value is -3.00. The minimum Gasteiger partial charge on any atom is -0.362 e. The number of β-amino-alcohol motifs (C(OH)–C–C–N with tert-alkyl or cyclic N) is 1. The van der Waals surface area contributed by atoms with Gasteiger partial charge in [-0.25, -0.2) is 13.4 Å². The molecule has 3 aromatic rings. The maximum atomic E-state index is 13.1. The van der Waals surface area contributed by atoms with E-state index in [0.29, 0.717) is 27.7 Å². The molecule has 0 amide bonds. The van der Waals surface area contributed by atoms with E-state index in [-0.39, 0.29) is 11.4 Å². The number of sulfone groups is 1. The van der Waals surface area contributed by atoms with Crippen LogP contribution in [-0.4, -0.2) is 43.7 Å². The molecule has 0 saturated heterocycles. The quantitative estimate of drug-likeness (QED) is 0.595. The number of aliphatic hydroxyl groups is 1. The van der Waals surface area contributed by atoms with Crippen LogP contribution in [0.2, 0.25) is 5.02 Å². The molecule has 1 N–H and O–H groups in total. The Labute approximate surface area is 185 Å². The average Bonchev–Trinajstić information content (AvgIpc) is 3.13. The SMILES string of the molecule is CS(=O)(=O)c1ccc(N2CC(O)(C(=O)c3ccccc3)N=C2c2ccc(Cl)cc2)cc1. The number of halogens is 1. The molecule has 8 heteroatoms. The predicted octanol–water partition coefficient (Wildman–Crippen LogP) is 3.58. The summed E-state index contributed by atoms with van der Waals surface area (Å²) in [6.45, 7) is -0.114. The molecule has 0 radical (unpaired) electrons. The van der Waals surface area contributed by atoms with E-state index < -0.39 is 21.3 Å². The predicted molar refractivity (Wildman–Crippen MR) is 121 cm³/mol. The summed E-state index contributed by atoms with van der Waals surface area (Å²) in [6.07, 6.45) is 1.13. The van der Waals surface area contributed by atoms with Crippen molar-refractivity contribution in [3.63, 3.8) is 0 Å². The van der Waals surface area contributed by atoms with Crippen molar-refractivity contribution in [3.8, 4) is 0 Å². The number of aliphatic imine (C=N–C) groups is 1. The highest BCUT2D eigenvalue weighted by atomic mass is 35.5. The van der Waals surface area contributed by atoms with Gasteiger partial charge in [0.1, 0.15) is 5.84 Å². The van der Waals surface area contributed by atoms with Gasteiger partial charge in [-0.2, -0.15) is 0 Å². The lowest BCUT2D eigenvalue weighted by Gasteiger charge is -2.23. The molecule has 1 unspecified atom stereocenters. The van der Waals surface area contributed by atoms with Crippen LogP contribution < -0.4 is 4.90 Å². The second-order valence-corrected chi connectivity index (χ2v) is 9.76. The van der Waals surface area contributed by atoms with E-state index in [0.717, 1.165) is 6.26 Å². The van der Waals surface area contributed by atoms with Crippen molar-refractivity contribution >= 4 is 38.7 Å². The van der Waals surface area contributed by atoms with Crippen LogP contribution in [0.4, 0.5) is 5.69 Å². The topological polar surface area (TPSA) is 87.0 Å². The summed E-state index contributed by atoms with van der Waals surface area (Å²) in [7, 11) is -3.35. The van der Waals surface area contributed by atoms with Gasteiger partial charge in [-0.3, -0.25) is 4.79 Å². The van der Waals surface area contributed by atoms with Crippen molar-refractivity contribution in [3.05, 3.63) is 95.0 Å². The molecule has 1 atom stereocenters. The maximum absolute atomic E-state index is 13.1. The van der Waals surface area contributed by atoms with Gasteiger partial charge in [-0.15, -0.1) is 0 Å². The van der Waals surface area contributed by atoms with Gasteiger partial charge in [0.25, 0.3) is 0 Å². The van der Waals surface area contributed by atoms with Crippen LogP contribution in [0.3, 0.4) is 0 Å². The van der Waals surface area contributed by atoms with Gasteiger partial charge >= 0.3 is 0 Å². The second-order valence-electron chi connectivity index (χ2n) is 7.31. The number of carbonyl (C=O) groups is 1. The zero-order chi connectivity index (χ0) is 22.2. The minimum atomic E-state index is -3.35. The fourth-order valence-electron chi connectivity index (χ4n) is 3.42. The number of nitrogens with zero attached hydrogens (tertiary/aromatic N) is 2. The summed E-state index contributed by atoms with van der Waals surface area (Å²) in [5, 5.41) is 11.8. The van der Waals surface area contributed by atoms with Crippen LogP contribution >= 0.6 is 11.6 Å². The van der Waals surface area contributed by atoms with E-state index in [1.54, 1.807) is 71.6 Å². The maximum Gasteiger partial charge on any atom is 0.240 e. The molecule has 158 valence electrons. The molecule has 0 bridgehead atoms. The van der Waals surface area contributed by atoms with Crippen molar-refractivity contribution in [1.29, 1.82) is 0 Å². The summed E-state index contributed by atoms with van der Waals surface area (Å²) in [6, 6.07) is 21.6. The van der Waals surface area contributed by atoms with Crippen LogP contribution in [-0.2, 0) is 9.84 Å².